The monoisotopic (exact) mass is 885 g/mol. The Kier molecular flexibility index (Phi) is 42.6. The molecule has 360 valence electrons. The first kappa shape index (κ1) is 59.5. The van der Waals surface area contributed by atoms with E-state index in [0.717, 1.165) is 38.5 Å². The van der Waals surface area contributed by atoms with E-state index >= 15 is 0 Å². The topological polar surface area (TPSA) is 108 Å². The van der Waals surface area contributed by atoms with Crippen LogP contribution in [0.15, 0.2) is 24.3 Å². The van der Waals surface area contributed by atoms with E-state index in [4.69, 9.17) is 18.5 Å². The number of rotatable bonds is 47. The lowest BCUT2D eigenvalue weighted by molar-refractivity contribution is -0.870. The SMILES string of the molecule is CCCCCCC/C=C\C/C=C\CCCCCCCCCCCCCCCC(=O)OC(COC(=O)CCCCCCCCCCCCCC)COP(=O)(O)OCC[N+](C)(C)C. The van der Waals surface area contributed by atoms with E-state index in [2.05, 4.69) is 38.2 Å². The Labute approximate surface area is 377 Å². The Morgan fingerprint density at radius 2 is 0.885 bits per heavy atom. The number of unbranched alkanes of at least 4 members (excludes halogenated alkanes) is 29. The molecule has 0 spiro atoms. The molecule has 0 aliphatic carbocycles. The maximum absolute atomic E-state index is 12.7. The lowest BCUT2D eigenvalue weighted by Gasteiger charge is -2.24. The average molecular weight is 885 g/mol. The first-order valence-electron chi connectivity index (χ1n) is 25.6. The fourth-order valence-electron chi connectivity index (χ4n) is 7.22. The molecule has 0 aliphatic rings. The number of carbonyl (C=O) groups is 2. The van der Waals surface area contributed by atoms with Crippen LogP contribution < -0.4 is 0 Å². The van der Waals surface area contributed by atoms with Gasteiger partial charge in [-0.3, -0.25) is 18.6 Å². The van der Waals surface area contributed by atoms with E-state index < -0.39 is 26.5 Å². The van der Waals surface area contributed by atoms with Gasteiger partial charge in [-0.2, -0.15) is 0 Å². The van der Waals surface area contributed by atoms with Crippen molar-refractivity contribution in [3.05, 3.63) is 24.3 Å². The van der Waals surface area contributed by atoms with Crippen LogP contribution in [0.1, 0.15) is 239 Å². The van der Waals surface area contributed by atoms with Crippen molar-refractivity contribution in [3.8, 4) is 0 Å². The van der Waals surface area contributed by atoms with Gasteiger partial charge in [-0.05, 0) is 44.9 Å². The number of phosphoric ester groups is 1. The number of likely N-dealkylation sites (N-methyl/N-ethyl adjacent to an activating group) is 1. The highest BCUT2D eigenvalue weighted by molar-refractivity contribution is 7.47. The summed E-state index contributed by atoms with van der Waals surface area (Å²) in [6, 6.07) is 0. The van der Waals surface area contributed by atoms with Gasteiger partial charge in [0.1, 0.15) is 19.8 Å². The van der Waals surface area contributed by atoms with Crippen molar-refractivity contribution in [2.24, 2.45) is 0 Å². The number of carbonyl (C=O) groups excluding carboxylic acids is 2. The van der Waals surface area contributed by atoms with E-state index in [1.165, 1.54) is 167 Å². The molecule has 2 unspecified atom stereocenters. The van der Waals surface area contributed by atoms with Gasteiger partial charge in [-0.15, -0.1) is 0 Å². The predicted octanol–water partition coefficient (Wildman–Crippen LogP) is 15.1. The Balaban J connectivity index is 4.15. The summed E-state index contributed by atoms with van der Waals surface area (Å²) in [5.74, 6) is -0.789. The highest BCUT2D eigenvalue weighted by atomic mass is 31.2. The second kappa shape index (κ2) is 43.7. The Hall–Kier alpha value is -1.51. The van der Waals surface area contributed by atoms with E-state index in [9.17, 15) is 19.0 Å². The summed E-state index contributed by atoms with van der Waals surface area (Å²) in [5, 5.41) is 0. The van der Waals surface area contributed by atoms with Crippen molar-refractivity contribution in [3.63, 3.8) is 0 Å². The van der Waals surface area contributed by atoms with E-state index in [0.29, 0.717) is 23.9 Å². The van der Waals surface area contributed by atoms with Crippen molar-refractivity contribution in [1.82, 2.24) is 0 Å². The summed E-state index contributed by atoms with van der Waals surface area (Å²) >= 11 is 0. The molecule has 0 bridgehead atoms. The number of hydrogen-bond donors (Lipinski definition) is 1. The number of esters is 2. The van der Waals surface area contributed by atoms with Crippen LogP contribution in [-0.4, -0.2) is 74.9 Å². The minimum Gasteiger partial charge on any atom is -0.462 e. The molecule has 0 amide bonds. The predicted molar refractivity (Wildman–Crippen MR) is 257 cm³/mol. The molecule has 0 aromatic rings. The molecular formula is C51H99NO8P+. The molecule has 2 atom stereocenters. The van der Waals surface area contributed by atoms with Crippen LogP contribution in [-0.2, 0) is 32.7 Å². The zero-order valence-corrected chi connectivity index (χ0v) is 41.6. The molecule has 0 fully saturated rings. The fourth-order valence-corrected chi connectivity index (χ4v) is 7.96. The fraction of sp³-hybridized carbons (Fsp3) is 0.882. The number of nitrogens with zero attached hydrogens (tertiary/aromatic N) is 1. The number of hydrogen-bond acceptors (Lipinski definition) is 7. The van der Waals surface area contributed by atoms with Crippen molar-refractivity contribution in [1.29, 1.82) is 0 Å². The van der Waals surface area contributed by atoms with E-state index in [1.807, 2.05) is 21.1 Å². The minimum absolute atomic E-state index is 0.0341. The Morgan fingerprint density at radius 1 is 0.508 bits per heavy atom. The molecule has 0 rings (SSSR count). The third kappa shape index (κ3) is 47.8. The van der Waals surface area contributed by atoms with Crippen LogP contribution in [0.5, 0.6) is 0 Å². The highest BCUT2D eigenvalue weighted by Gasteiger charge is 2.27. The third-order valence-corrected chi connectivity index (χ3v) is 12.2. The molecule has 0 radical (unpaired) electrons. The lowest BCUT2D eigenvalue weighted by Crippen LogP contribution is -2.37. The lowest BCUT2D eigenvalue weighted by atomic mass is 10.0. The van der Waals surface area contributed by atoms with Crippen LogP contribution >= 0.6 is 7.82 Å². The summed E-state index contributed by atoms with van der Waals surface area (Å²) in [6.45, 7) is 4.44. The first-order valence-corrected chi connectivity index (χ1v) is 27.1. The van der Waals surface area contributed by atoms with Crippen LogP contribution in [0, 0.1) is 0 Å². The first-order chi connectivity index (χ1) is 29.5. The van der Waals surface area contributed by atoms with Gasteiger partial charge in [0.25, 0.3) is 0 Å². The van der Waals surface area contributed by atoms with Gasteiger partial charge < -0.3 is 18.9 Å². The van der Waals surface area contributed by atoms with Gasteiger partial charge in [-0.25, -0.2) is 4.57 Å². The van der Waals surface area contributed by atoms with Crippen molar-refractivity contribution < 1.29 is 42.1 Å². The Morgan fingerprint density at radius 3 is 1.30 bits per heavy atom. The van der Waals surface area contributed by atoms with Gasteiger partial charge in [0.2, 0.25) is 0 Å². The van der Waals surface area contributed by atoms with Crippen LogP contribution in [0.4, 0.5) is 0 Å². The summed E-state index contributed by atoms with van der Waals surface area (Å²) in [6.07, 6.45) is 49.5. The molecule has 0 aromatic carbocycles. The third-order valence-electron chi connectivity index (χ3n) is 11.2. The van der Waals surface area contributed by atoms with E-state index in [-0.39, 0.29) is 25.6 Å². The molecule has 0 aliphatic heterocycles. The van der Waals surface area contributed by atoms with Crippen molar-refractivity contribution in [2.45, 2.75) is 245 Å². The summed E-state index contributed by atoms with van der Waals surface area (Å²) in [5.41, 5.74) is 0. The molecule has 0 saturated carbocycles. The van der Waals surface area contributed by atoms with Crippen LogP contribution in [0.2, 0.25) is 0 Å². The molecule has 9 nitrogen and oxygen atoms in total. The van der Waals surface area contributed by atoms with Crippen LogP contribution in [0.3, 0.4) is 0 Å². The maximum atomic E-state index is 12.7. The largest absolute Gasteiger partial charge is 0.472 e. The number of ether oxygens (including phenoxy) is 2. The van der Waals surface area contributed by atoms with Crippen LogP contribution in [0.25, 0.3) is 0 Å². The molecule has 61 heavy (non-hydrogen) atoms. The number of quaternary nitrogens is 1. The number of allylic oxidation sites excluding steroid dienone is 4. The summed E-state index contributed by atoms with van der Waals surface area (Å²) < 4.78 is 34.4. The van der Waals surface area contributed by atoms with E-state index in [1.54, 1.807) is 0 Å². The average Bonchev–Trinajstić information content (AvgIpc) is 3.21. The molecule has 1 N–H and O–H groups in total. The smallest absolute Gasteiger partial charge is 0.462 e. The van der Waals surface area contributed by atoms with Gasteiger partial charge in [0.05, 0.1) is 27.7 Å². The normalized spacial score (nSPS) is 13.6. The van der Waals surface area contributed by atoms with Gasteiger partial charge in [0.15, 0.2) is 6.10 Å². The highest BCUT2D eigenvalue weighted by Crippen LogP contribution is 2.43. The van der Waals surface area contributed by atoms with Gasteiger partial charge in [0, 0.05) is 12.8 Å². The molecule has 0 aromatic heterocycles. The maximum Gasteiger partial charge on any atom is 0.472 e. The molecule has 0 heterocycles. The summed E-state index contributed by atoms with van der Waals surface area (Å²) in [4.78, 5) is 35.5. The van der Waals surface area contributed by atoms with Crippen molar-refractivity contribution in [2.75, 3.05) is 47.5 Å². The molecular weight excluding hydrogens is 786 g/mol. The minimum atomic E-state index is -4.37. The molecule has 10 heteroatoms. The Bertz CT molecular complexity index is 1090. The number of phosphoric acid groups is 1. The molecule has 0 saturated heterocycles. The van der Waals surface area contributed by atoms with Gasteiger partial charge in [-0.1, -0.05) is 205 Å². The van der Waals surface area contributed by atoms with Crippen molar-refractivity contribution >= 4 is 19.8 Å². The summed E-state index contributed by atoms with van der Waals surface area (Å²) in [7, 11) is 1.49. The second-order valence-electron chi connectivity index (χ2n) is 18.6. The standard InChI is InChI=1S/C51H98NO8P/c1-6-8-10-12-14-16-18-20-21-22-23-24-25-26-27-28-29-30-31-32-34-36-38-40-42-44-51(54)60-49(48-59-61(55,56)58-46-45-52(3,4)5)47-57-50(53)43-41-39-37-35-33-19-17-15-13-11-9-7-2/h18,20,22-23,49H,6-17,19,21,24-48H2,1-5H3/p+1/b20-18-,23-22-. The quantitative estimate of drug-likeness (QED) is 0.0212. The van der Waals surface area contributed by atoms with Gasteiger partial charge >= 0.3 is 19.8 Å². The zero-order chi connectivity index (χ0) is 45.0. The zero-order valence-electron chi connectivity index (χ0n) is 40.7. The second-order valence-corrected chi connectivity index (χ2v) is 20.0.